The lowest BCUT2D eigenvalue weighted by atomic mass is 9.82. The summed E-state index contributed by atoms with van der Waals surface area (Å²) in [5, 5.41) is 0.153. The summed E-state index contributed by atoms with van der Waals surface area (Å²) >= 11 is 0. The molecule has 1 saturated carbocycles. The van der Waals surface area contributed by atoms with E-state index >= 15 is 0 Å². The van der Waals surface area contributed by atoms with Crippen LogP contribution in [0, 0.1) is 0 Å². The maximum absolute atomic E-state index is 13.4. The van der Waals surface area contributed by atoms with Crippen molar-refractivity contribution in [3.8, 4) is 0 Å². The quantitative estimate of drug-likeness (QED) is 0.384. The Bertz CT molecular complexity index is 846. The average molecular weight is 409 g/mol. The summed E-state index contributed by atoms with van der Waals surface area (Å²) in [6.45, 7) is 2.25. The second kappa shape index (κ2) is 9.40. The zero-order valence-electron chi connectivity index (χ0n) is 17.4. The molecule has 0 bridgehead atoms. The van der Waals surface area contributed by atoms with Crippen molar-refractivity contribution in [3.63, 3.8) is 0 Å². The van der Waals surface area contributed by atoms with Crippen LogP contribution < -0.4 is 0 Å². The van der Waals surface area contributed by atoms with Gasteiger partial charge in [-0.05, 0) is 55.4 Å². The first kappa shape index (κ1) is 20.6. The van der Waals surface area contributed by atoms with E-state index in [1.165, 1.54) is 30.4 Å². The first-order chi connectivity index (χ1) is 14.2. The molecule has 0 aromatic heterocycles. The van der Waals surface area contributed by atoms with Crippen LogP contribution in [0.1, 0.15) is 63.9 Å². The van der Waals surface area contributed by atoms with Crippen LogP contribution in [0.5, 0.6) is 0 Å². The van der Waals surface area contributed by atoms with E-state index in [-0.39, 0.29) is 10.9 Å². The molecule has 0 N–H and O–H groups in total. The number of fused-ring (bicyclic) bond motifs is 1. The van der Waals surface area contributed by atoms with Gasteiger partial charge in [0.1, 0.15) is 5.60 Å². The summed E-state index contributed by atoms with van der Waals surface area (Å²) in [5.74, 6) is 0. The molecule has 2 aromatic rings. The SMILES string of the molecule is CCCCC[C@@]12O[C@@H]1CCC[C@@H](S(=O)c1ccccc1)C/C2=C\c1ccccc1. The third-order valence-electron chi connectivity index (χ3n) is 6.37. The molecule has 2 aliphatic rings. The predicted molar refractivity (Wildman–Crippen MR) is 121 cm³/mol. The Kier molecular flexibility index (Phi) is 6.67. The molecule has 154 valence electrons. The summed E-state index contributed by atoms with van der Waals surface area (Å²) in [7, 11) is -0.986. The second-order valence-corrected chi connectivity index (χ2v) is 10.1. The summed E-state index contributed by atoms with van der Waals surface area (Å²) < 4.78 is 19.8. The monoisotopic (exact) mass is 408 g/mol. The first-order valence-corrected chi connectivity index (χ1v) is 12.3. The molecule has 29 heavy (non-hydrogen) atoms. The Morgan fingerprint density at radius 3 is 2.48 bits per heavy atom. The smallest absolute Gasteiger partial charge is 0.116 e. The minimum absolute atomic E-state index is 0.120. The highest BCUT2D eigenvalue weighted by Gasteiger charge is 2.58. The van der Waals surface area contributed by atoms with Gasteiger partial charge in [0, 0.05) is 10.1 Å². The van der Waals surface area contributed by atoms with E-state index in [0.717, 1.165) is 37.0 Å². The van der Waals surface area contributed by atoms with E-state index in [4.69, 9.17) is 4.74 Å². The predicted octanol–water partition coefficient (Wildman–Crippen LogP) is 6.54. The molecule has 4 atom stereocenters. The normalized spacial score (nSPS) is 28.9. The molecular weight excluding hydrogens is 376 g/mol. The standard InChI is InChI=1S/C26H32O2S/c1-2-3-10-18-26-22(19-21-12-6-4-7-13-21)20-24(16-11-17-25(26)28-26)29(27)23-14-8-5-9-15-23/h4-9,12-15,19,24-25H,2-3,10-11,16-18,20H2,1H3/b22-19+/t24-,25-,26+,29?/m1/s1. The fourth-order valence-corrected chi connectivity index (χ4v) is 6.25. The topological polar surface area (TPSA) is 29.6 Å². The maximum Gasteiger partial charge on any atom is 0.116 e. The molecule has 1 aliphatic carbocycles. The number of unbranched alkanes of at least 4 members (excludes halogenated alkanes) is 2. The van der Waals surface area contributed by atoms with E-state index in [0.29, 0.717) is 6.10 Å². The van der Waals surface area contributed by atoms with Crippen LogP contribution in [0.3, 0.4) is 0 Å². The number of hydrogen-bond acceptors (Lipinski definition) is 2. The number of epoxide rings is 1. The van der Waals surface area contributed by atoms with Gasteiger partial charge >= 0.3 is 0 Å². The van der Waals surface area contributed by atoms with Crippen molar-refractivity contribution < 1.29 is 8.95 Å². The van der Waals surface area contributed by atoms with Crippen molar-refractivity contribution in [1.82, 2.24) is 0 Å². The van der Waals surface area contributed by atoms with Gasteiger partial charge in [0.15, 0.2) is 0 Å². The van der Waals surface area contributed by atoms with Crippen molar-refractivity contribution in [1.29, 1.82) is 0 Å². The molecule has 2 nitrogen and oxygen atoms in total. The fourth-order valence-electron chi connectivity index (χ4n) is 4.72. The van der Waals surface area contributed by atoms with Crippen LogP contribution in [-0.4, -0.2) is 21.2 Å². The Morgan fingerprint density at radius 2 is 1.76 bits per heavy atom. The lowest BCUT2D eigenvalue weighted by Crippen LogP contribution is -2.27. The Balaban J connectivity index is 1.64. The molecule has 2 aromatic carbocycles. The van der Waals surface area contributed by atoms with Crippen LogP contribution in [0.25, 0.3) is 6.08 Å². The van der Waals surface area contributed by atoms with E-state index < -0.39 is 10.8 Å². The lowest BCUT2D eigenvalue weighted by Gasteiger charge is -2.25. The van der Waals surface area contributed by atoms with Gasteiger partial charge in [-0.15, -0.1) is 0 Å². The average Bonchev–Trinajstić information content (AvgIpc) is 3.45. The van der Waals surface area contributed by atoms with Crippen LogP contribution >= 0.6 is 0 Å². The Morgan fingerprint density at radius 1 is 1.03 bits per heavy atom. The number of hydrogen-bond donors (Lipinski definition) is 0. The highest BCUT2D eigenvalue weighted by Crippen LogP contribution is 2.53. The zero-order chi connectivity index (χ0) is 20.1. The summed E-state index contributed by atoms with van der Waals surface area (Å²) in [6.07, 6.45) is 11.5. The third-order valence-corrected chi connectivity index (χ3v) is 8.11. The van der Waals surface area contributed by atoms with Gasteiger partial charge in [-0.3, -0.25) is 4.21 Å². The van der Waals surface area contributed by atoms with E-state index in [1.807, 2.05) is 30.3 Å². The molecule has 0 amide bonds. The molecule has 1 saturated heterocycles. The van der Waals surface area contributed by atoms with Gasteiger partial charge in [0.25, 0.3) is 0 Å². The van der Waals surface area contributed by atoms with E-state index in [2.05, 4.69) is 43.3 Å². The molecule has 0 spiro atoms. The van der Waals surface area contributed by atoms with Crippen molar-refractivity contribution in [2.75, 3.05) is 0 Å². The molecule has 4 rings (SSSR count). The molecule has 0 radical (unpaired) electrons. The van der Waals surface area contributed by atoms with Crippen molar-refractivity contribution in [3.05, 3.63) is 71.8 Å². The van der Waals surface area contributed by atoms with Crippen molar-refractivity contribution >= 4 is 16.9 Å². The maximum atomic E-state index is 13.4. The van der Waals surface area contributed by atoms with Gasteiger partial charge < -0.3 is 4.74 Å². The molecular formula is C26H32O2S. The number of ether oxygens (including phenoxy) is 1. The molecule has 3 heteroatoms. The third kappa shape index (κ3) is 4.73. The minimum Gasteiger partial charge on any atom is -0.361 e. The second-order valence-electron chi connectivity index (χ2n) is 8.40. The number of rotatable bonds is 7. The van der Waals surface area contributed by atoms with E-state index in [9.17, 15) is 4.21 Å². The summed E-state index contributed by atoms with van der Waals surface area (Å²) in [4.78, 5) is 0.949. The largest absolute Gasteiger partial charge is 0.361 e. The van der Waals surface area contributed by atoms with Gasteiger partial charge in [-0.2, -0.15) is 0 Å². The van der Waals surface area contributed by atoms with Gasteiger partial charge in [-0.1, -0.05) is 80.8 Å². The Hall–Kier alpha value is -1.71. The summed E-state index contributed by atoms with van der Waals surface area (Å²) in [5.41, 5.74) is 2.46. The molecule has 1 aliphatic heterocycles. The molecule has 1 unspecified atom stereocenters. The number of benzene rings is 2. The Labute approximate surface area is 177 Å². The van der Waals surface area contributed by atoms with Crippen molar-refractivity contribution in [2.45, 2.75) is 80.1 Å². The summed E-state index contributed by atoms with van der Waals surface area (Å²) in [6, 6.07) is 20.5. The lowest BCUT2D eigenvalue weighted by molar-refractivity contribution is 0.300. The van der Waals surface area contributed by atoms with Gasteiger partial charge in [-0.25, -0.2) is 0 Å². The van der Waals surface area contributed by atoms with Gasteiger partial charge in [0.2, 0.25) is 0 Å². The van der Waals surface area contributed by atoms with Crippen LogP contribution in [0.15, 0.2) is 71.1 Å². The van der Waals surface area contributed by atoms with E-state index in [1.54, 1.807) is 0 Å². The molecule has 2 fully saturated rings. The highest BCUT2D eigenvalue weighted by atomic mass is 32.2. The fraction of sp³-hybridized carbons (Fsp3) is 0.462. The zero-order valence-corrected chi connectivity index (χ0v) is 18.2. The highest BCUT2D eigenvalue weighted by molar-refractivity contribution is 7.85. The van der Waals surface area contributed by atoms with Crippen molar-refractivity contribution in [2.24, 2.45) is 0 Å². The minimum atomic E-state index is -0.986. The molecule has 1 heterocycles. The first-order valence-electron chi connectivity index (χ1n) is 11.1. The van der Waals surface area contributed by atoms with Crippen LogP contribution in [-0.2, 0) is 15.5 Å². The van der Waals surface area contributed by atoms with Crippen LogP contribution in [0.2, 0.25) is 0 Å². The van der Waals surface area contributed by atoms with Gasteiger partial charge in [0.05, 0.1) is 16.9 Å². The van der Waals surface area contributed by atoms with Crippen LogP contribution in [0.4, 0.5) is 0 Å².